The quantitative estimate of drug-likeness (QED) is 0.652. The van der Waals surface area contributed by atoms with Crippen molar-refractivity contribution in [2.24, 2.45) is 5.16 Å². The molecule has 2 heteroatoms. The van der Waals surface area contributed by atoms with Crippen molar-refractivity contribution in [1.29, 1.82) is 0 Å². The summed E-state index contributed by atoms with van der Waals surface area (Å²) in [7, 11) is 0. The third-order valence-corrected chi connectivity index (χ3v) is 2.31. The Morgan fingerprint density at radius 2 is 2.43 bits per heavy atom. The van der Waals surface area contributed by atoms with Gasteiger partial charge < -0.3 is 4.84 Å². The van der Waals surface area contributed by atoms with Crippen molar-refractivity contribution in [3.63, 3.8) is 0 Å². The molecular weight excluding hydrogens is 174 g/mol. The lowest BCUT2D eigenvalue weighted by atomic mass is 10.0. The van der Waals surface area contributed by atoms with Gasteiger partial charge in [0.05, 0.1) is 5.71 Å². The van der Waals surface area contributed by atoms with Gasteiger partial charge in [0.1, 0.15) is 0 Å². The van der Waals surface area contributed by atoms with Gasteiger partial charge in [-0.1, -0.05) is 41.6 Å². The van der Waals surface area contributed by atoms with Gasteiger partial charge in [-0.2, -0.15) is 0 Å². The van der Waals surface area contributed by atoms with Crippen molar-refractivity contribution >= 4 is 5.71 Å². The average Bonchev–Trinajstić information content (AvgIpc) is 2.66. The zero-order chi connectivity index (χ0) is 9.97. The molecule has 1 heterocycles. The van der Waals surface area contributed by atoms with E-state index in [1.807, 2.05) is 6.07 Å². The Bertz CT molecular complexity index is 382. The van der Waals surface area contributed by atoms with E-state index in [1.165, 1.54) is 5.56 Å². The second kappa shape index (κ2) is 3.66. The molecule has 0 saturated heterocycles. The highest BCUT2D eigenvalue weighted by Crippen LogP contribution is 2.17. The molecule has 1 aromatic carbocycles. The van der Waals surface area contributed by atoms with E-state index < -0.39 is 0 Å². The summed E-state index contributed by atoms with van der Waals surface area (Å²) in [5, 5.41) is 4.04. The molecule has 0 fully saturated rings. The lowest BCUT2D eigenvalue weighted by molar-refractivity contribution is 0.120. The van der Waals surface area contributed by atoms with Crippen molar-refractivity contribution < 1.29 is 4.84 Å². The number of nitrogens with zero attached hydrogens (tertiary/aromatic N) is 1. The maximum atomic E-state index is 5.18. The van der Waals surface area contributed by atoms with Crippen LogP contribution in [0.3, 0.4) is 0 Å². The molecule has 14 heavy (non-hydrogen) atoms. The van der Waals surface area contributed by atoms with Gasteiger partial charge in [-0.05, 0) is 18.6 Å². The molecular formula is C12H13NO. The summed E-state index contributed by atoms with van der Waals surface area (Å²) in [6, 6.07) is 8.29. The van der Waals surface area contributed by atoms with Gasteiger partial charge in [-0.15, -0.1) is 0 Å². The Balaban J connectivity index is 2.21. The van der Waals surface area contributed by atoms with Crippen LogP contribution in [0.4, 0.5) is 0 Å². The standard InChI is InChI=1S/C12H13NO/c1-3-11-8-12(13-14-11)10-6-4-5-9(2)7-10/h3-7,11H,1,8H2,2H3. The van der Waals surface area contributed by atoms with Crippen LogP contribution in [0, 0.1) is 6.92 Å². The largest absolute Gasteiger partial charge is 0.388 e. The number of hydrogen-bond acceptors (Lipinski definition) is 2. The van der Waals surface area contributed by atoms with E-state index in [2.05, 4.69) is 36.9 Å². The minimum Gasteiger partial charge on any atom is -0.388 e. The molecule has 2 nitrogen and oxygen atoms in total. The molecule has 1 aromatic rings. The third-order valence-electron chi connectivity index (χ3n) is 2.31. The predicted molar refractivity (Wildman–Crippen MR) is 57.4 cm³/mol. The Kier molecular flexibility index (Phi) is 2.35. The van der Waals surface area contributed by atoms with Gasteiger partial charge in [-0.25, -0.2) is 0 Å². The van der Waals surface area contributed by atoms with Gasteiger partial charge in [0.15, 0.2) is 6.10 Å². The molecule has 0 spiro atoms. The van der Waals surface area contributed by atoms with E-state index >= 15 is 0 Å². The smallest absolute Gasteiger partial charge is 0.151 e. The Labute approximate surface area is 83.9 Å². The van der Waals surface area contributed by atoms with Gasteiger partial charge in [0.25, 0.3) is 0 Å². The van der Waals surface area contributed by atoms with E-state index in [0.717, 1.165) is 17.7 Å². The molecule has 0 aromatic heterocycles. The van der Waals surface area contributed by atoms with E-state index in [1.54, 1.807) is 6.08 Å². The minimum atomic E-state index is 0.0468. The van der Waals surface area contributed by atoms with Crippen LogP contribution >= 0.6 is 0 Å². The Morgan fingerprint density at radius 1 is 1.57 bits per heavy atom. The Hall–Kier alpha value is -1.57. The van der Waals surface area contributed by atoms with Crippen molar-refractivity contribution in [2.45, 2.75) is 19.4 Å². The van der Waals surface area contributed by atoms with Crippen LogP contribution in [0.5, 0.6) is 0 Å². The number of oxime groups is 1. The Morgan fingerprint density at radius 3 is 3.07 bits per heavy atom. The van der Waals surface area contributed by atoms with Gasteiger partial charge >= 0.3 is 0 Å². The van der Waals surface area contributed by atoms with Crippen LogP contribution in [0.15, 0.2) is 42.1 Å². The highest BCUT2D eigenvalue weighted by atomic mass is 16.6. The fraction of sp³-hybridized carbons (Fsp3) is 0.250. The molecule has 1 aliphatic heterocycles. The van der Waals surface area contributed by atoms with E-state index in [4.69, 9.17) is 4.84 Å². The second-order valence-electron chi connectivity index (χ2n) is 3.49. The van der Waals surface area contributed by atoms with E-state index in [0.29, 0.717) is 0 Å². The molecule has 0 radical (unpaired) electrons. The lowest BCUT2D eigenvalue weighted by Crippen LogP contribution is -2.04. The van der Waals surface area contributed by atoms with Crippen LogP contribution in [-0.4, -0.2) is 11.8 Å². The van der Waals surface area contributed by atoms with Gasteiger partial charge in [0, 0.05) is 6.42 Å². The maximum Gasteiger partial charge on any atom is 0.151 e. The highest BCUT2D eigenvalue weighted by Gasteiger charge is 2.18. The predicted octanol–water partition coefficient (Wildman–Crippen LogP) is 2.67. The second-order valence-corrected chi connectivity index (χ2v) is 3.49. The number of benzene rings is 1. The molecule has 0 bridgehead atoms. The summed E-state index contributed by atoms with van der Waals surface area (Å²) in [5.41, 5.74) is 3.40. The summed E-state index contributed by atoms with van der Waals surface area (Å²) in [5.74, 6) is 0. The zero-order valence-corrected chi connectivity index (χ0v) is 8.23. The molecule has 0 aliphatic carbocycles. The summed E-state index contributed by atoms with van der Waals surface area (Å²) in [4.78, 5) is 5.18. The summed E-state index contributed by atoms with van der Waals surface area (Å²) < 4.78 is 0. The zero-order valence-electron chi connectivity index (χ0n) is 8.23. The number of rotatable bonds is 2. The molecule has 1 aliphatic rings. The van der Waals surface area contributed by atoms with Crippen LogP contribution in [0.25, 0.3) is 0 Å². The fourth-order valence-corrected chi connectivity index (χ4v) is 1.52. The van der Waals surface area contributed by atoms with Crippen LogP contribution < -0.4 is 0 Å². The third kappa shape index (κ3) is 1.69. The van der Waals surface area contributed by atoms with Crippen molar-refractivity contribution in [3.8, 4) is 0 Å². The SMILES string of the molecule is C=CC1CC(c2cccc(C)c2)=NO1. The maximum absolute atomic E-state index is 5.18. The lowest BCUT2D eigenvalue weighted by Gasteiger charge is -2.00. The summed E-state index contributed by atoms with van der Waals surface area (Å²) in [6.07, 6.45) is 2.66. The first-order valence-electron chi connectivity index (χ1n) is 4.72. The first-order chi connectivity index (χ1) is 6.79. The van der Waals surface area contributed by atoms with Gasteiger partial charge in [-0.3, -0.25) is 0 Å². The minimum absolute atomic E-state index is 0.0468. The average molecular weight is 187 g/mol. The van der Waals surface area contributed by atoms with E-state index in [9.17, 15) is 0 Å². The molecule has 0 saturated carbocycles. The molecule has 0 N–H and O–H groups in total. The fourth-order valence-electron chi connectivity index (χ4n) is 1.52. The van der Waals surface area contributed by atoms with Crippen molar-refractivity contribution in [2.75, 3.05) is 0 Å². The first-order valence-corrected chi connectivity index (χ1v) is 4.72. The van der Waals surface area contributed by atoms with Crippen LogP contribution in [0.1, 0.15) is 17.5 Å². The number of aryl methyl sites for hydroxylation is 1. The normalized spacial score (nSPS) is 20.1. The van der Waals surface area contributed by atoms with Crippen molar-refractivity contribution in [1.82, 2.24) is 0 Å². The molecule has 2 rings (SSSR count). The number of hydrogen-bond donors (Lipinski definition) is 0. The monoisotopic (exact) mass is 187 g/mol. The molecule has 0 amide bonds. The molecule has 1 unspecified atom stereocenters. The highest BCUT2D eigenvalue weighted by molar-refractivity contribution is 6.01. The van der Waals surface area contributed by atoms with E-state index in [-0.39, 0.29) is 6.10 Å². The van der Waals surface area contributed by atoms with Gasteiger partial charge in [0.2, 0.25) is 0 Å². The molecule has 1 atom stereocenters. The van der Waals surface area contributed by atoms with Crippen LogP contribution in [0.2, 0.25) is 0 Å². The first kappa shape index (κ1) is 9.00. The topological polar surface area (TPSA) is 21.6 Å². The molecule has 72 valence electrons. The summed E-state index contributed by atoms with van der Waals surface area (Å²) >= 11 is 0. The van der Waals surface area contributed by atoms with Crippen LogP contribution in [-0.2, 0) is 4.84 Å². The summed E-state index contributed by atoms with van der Waals surface area (Å²) in [6.45, 7) is 5.76. The van der Waals surface area contributed by atoms with Crippen molar-refractivity contribution in [3.05, 3.63) is 48.0 Å².